The molecule has 7 N–H and O–H groups in total. The fraction of sp³-hybridized carbons (Fsp3) is 0.875. The number of unbranched alkanes of at least 4 members (excludes halogenated alkanes) is 19. The van der Waals surface area contributed by atoms with Crippen molar-refractivity contribution in [2.45, 2.75) is 242 Å². The molecule has 63 heavy (non-hydrogen) atoms. The molecule has 0 spiro atoms. The van der Waals surface area contributed by atoms with Crippen LogP contribution in [0.4, 0.5) is 0 Å². The molecule has 0 aliphatic carbocycles. The Morgan fingerprint density at radius 2 is 0.952 bits per heavy atom. The van der Waals surface area contributed by atoms with E-state index in [-0.39, 0.29) is 26.1 Å². The van der Waals surface area contributed by atoms with Crippen LogP contribution in [0.2, 0.25) is 0 Å². The number of hydrogen-bond donors (Lipinski definition) is 7. The van der Waals surface area contributed by atoms with Crippen molar-refractivity contribution >= 4 is 11.9 Å². The summed E-state index contributed by atoms with van der Waals surface area (Å²) in [6.07, 6.45) is 17.8. The number of carbonyl (C=O) groups excluding carboxylic acids is 2. The normalized spacial score (nSPS) is 27.0. The van der Waals surface area contributed by atoms with Gasteiger partial charge < -0.3 is 64.2 Å². The maximum atomic E-state index is 13.0. The quantitative estimate of drug-likeness (QED) is 0.0216. The minimum Gasteiger partial charge on any atom is -0.462 e. The lowest BCUT2D eigenvalue weighted by Gasteiger charge is -2.42. The summed E-state index contributed by atoms with van der Waals surface area (Å²) in [5.41, 5.74) is 0. The first-order chi connectivity index (χ1) is 30.5. The molecule has 2 fully saturated rings. The van der Waals surface area contributed by atoms with Gasteiger partial charge in [0.15, 0.2) is 18.7 Å². The SMILES string of the molecule is CCCCCC/C=C\C/C=C\CCCCCCCC(=O)OC(COC(=O)CCCCCCCCCCCCC)COC1OC(COC2OC(CO)C(O)C(O)C2O)C(O)C(O)C1O. The van der Waals surface area contributed by atoms with Crippen LogP contribution in [0.3, 0.4) is 0 Å². The molecule has 11 unspecified atom stereocenters. The Kier molecular flexibility index (Phi) is 32.8. The summed E-state index contributed by atoms with van der Waals surface area (Å²) in [7, 11) is 0. The highest BCUT2D eigenvalue weighted by atomic mass is 16.7. The minimum absolute atomic E-state index is 0.151. The van der Waals surface area contributed by atoms with Crippen molar-refractivity contribution in [2.75, 3.05) is 26.4 Å². The molecule has 0 amide bonds. The van der Waals surface area contributed by atoms with Crippen LogP contribution in [0, 0.1) is 0 Å². The predicted molar refractivity (Wildman–Crippen MR) is 238 cm³/mol. The molecule has 2 heterocycles. The Morgan fingerprint density at radius 3 is 1.49 bits per heavy atom. The summed E-state index contributed by atoms with van der Waals surface area (Å²) in [5, 5.41) is 71.9. The third-order valence-corrected chi connectivity index (χ3v) is 11.7. The summed E-state index contributed by atoms with van der Waals surface area (Å²) in [6.45, 7) is 2.54. The van der Waals surface area contributed by atoms with E-state index in [0.29, 0.717) is 12.8 Å². The monoisotopic (exact) mass is 903 g/mol. The van der Waals surface area contributed by atoms with E-state index in [1.807, 2.05) is 0 Å². The van der Waals surface area contributed by atoms with Crippen LogP contribution >= 0.6 is 0 Å². The van der Waals surface area contributed by atoms with Crippen LogP contribution in [0.25, 0.3) is 0 Å². The van der Waals surface area contributed by atoms with Gasteiger partial charge in [0.25, 0.3) is 0 Å². The predicted octanol–water partition coefficient (Wildman–Crippen LogP) is 5.99. The van der Waals surface area contributed by atoms with E-state index in [2.05, 4.69) is 38.2 Å². The molecular weight excluding hydrogens is 817 g/mol. The maximum absolute atomic E-state index is 13.0. The second-order valence-corrected chi connectivity index (χ2v) is 17.3. The molecule has 11 atom stereocenters. The molecule has 2 rings (SSSR count). The van der Waals surface area contributed by atoms with Gasteiger partial charge in [-0.05, 0) is 44.9 Å². The molecule has 368 valence electrons. The van der Waals surface area contributed by atoms with Crippen LogP contribution in [0.15, 0.2) is 24.3 Å². The Labute approximate surface area is 377 Å². The van der Waals surface area contributed by atoms with Gasteiger partial charge in [0, 0.05) is 12.8 Å². The number of aliphatic hydroxyl groups excluding tert-OH is 7. The molecule has 2 aliphatic heterocycles. The van der Waals surface area contributed by atoms with E-state index in [9.17, 15) is 45.3 Å². The van der Waals surface area contributed by atoms with E-state index < -0.39 is 92.7 Å². The zero-order valence-corrected chi connectivity index (χ0v) is 38.6. The van der Waals surface area contributed by atoms with E-state index in [1.165, 1.54) is 70.6 Å². The zero-order chi connectivity index (χ0) is 46.1. The smallest absolute Gasteiger partial charge is 0.306 e. The second kappa shape index (κ2) is 36.1. The van der Waals surface area contributed by atoms with Crippen molar-refractivity contribution in [3.05, 3.63) is 24.3 Å². The first-order valence-corrected chi connectivity index (χ1v) is 24.4. The van der Waals surface area contributed by atoms with Crippen molar-refractivity contribution in [3.63, 3.8) is 0 Å². The zero-order valence-electron chi connectivity index (χ0n) is 38.6. The van der Waals surface area contributed by atoms with E-state index in [4.69, 9.17) is 28.4 Å². The second-order valence-electron chi connectivity index (χ2n) is 17.3. The van der Waals surface area contributed by atoms with E-state index in [1.54, 1.807) is 0 Å². The molecule has 2 saturated heterocycles. The molecule has 0 aromatic heterocycles. The van der Waals surface area contributed by atoms with Gasteiger partial charge in [0.2, 0.25) is 0 Å². The van der Waals surface area contributed by atoms with Crippen molar-refractivity contribution in [3.8, 4) is 0 Å². The van der Waals surface area contributed by atoms with Crippen LogP contribution in [-0.4, -0.2) is 142 Å². The number of allylic oxidation sites excluding steroid dienone is 4. The molecular formula is C48H86O15. The third kappa shape index (κ3) is 24.9. The number of hydrogen-bond acceptors (Lipinski definition) is 15. The summed E-state index contributed by atoms with van der Waals surface area (Å²) in [4.78, 5) is 25.7. The Hall–Kier alpha value is -2.02. The molecule has 0 aromatic carbocycles. The van der Waals surface area contributed by atoms with Gasteiger partial charge in [-0.15, -0.1) is 0 Å². The van der Waals surface area contributed by atoms with E-state index >= 15 is 0 Å². The van der Waals surface area contributed by atoms with Gasteiger partial charge >= 0.3 is 11.9 Å². The molecule has 15 nitrogen and oxygen atoms in total. The van der Waals surface area contributed by atoms with Gasteiger partial charge in [-0.1, -0.05) is 141 Å². The minimum atomic E-state index is -1.76. The average molecular weight is 903 g/mol. The average Bonchev–Trinajstić information content (AvgIpc) is 3.28. The van der Waals surface area contributed by atoms with Gasteiger partial charge in [0.05, 0.1) is 19.8 Å². The Bertz CT molecular complexity index is 1200. The fourth-order valence-electron chi connectivity index (χ4n) is 7.60. The number of carbonyl (C=O) groups is 2. The standard InChI is InChI=1S/C48H86O15/c1-3-5-7-9-11-13-15-16-17-18-19-21-23-25-27-29-31-40(51)61-36(33-58-39(50)30-28-26-24-22-20-14-12-10-8-6-4-2)34-59-47-46(57)44(55)42(53)38(63-47)35-60-48-45(56)43(54)41(52)37(32-49)62-48/h13,15,17-18,36-38,41-49,52-57H,3-12,14,16,19-35H2,1-2H3/b15-13-,18-17-. The van der Waals surface area contributed by atoms with Crippen LogP contribution in [0.5, 0.6) is 0 Å². The third-order valence-electron chi connectivity index (χ3n) is 11.7. The first-order valence-electron chi connectivity index (χ1n) is 24.4. The molecule has 15 heteroatoms. The van der Waals surface area contributed by atoms with Gasteiger partial charge in [-0.2, -0.15) is 0 Å². The largest absolute Gasteiger partial charge is 0.462 e. The first kappa shape index (κ1) is 57.1. The lowest BCUT2D eigenvalue weighted by atomic mass is 9.98. The van der Waals surface area contributed by atoms with Crippen LogP contribution < -0.4 is 0 Å². The fourth-order valence-corrected chi connectivity index (χ4v) is 7.60. The van der Waals surface area contributed by atoms with Crippen LogP contribution in [-0.2, 0) is 38.0 Å². The molecule has 0 aromatic rings. The van der Waals surface area contributed by atoms with Gasteiger partial charge in [0.1, 0.15) is 55.4 Å². The van der Waals surface area contributed by atoms with Crippen LogP contribution in [0.1, 0.15) is 174 Å². The van der Waals surface area contributed by atoms with E-state index in [0.717, 1.165) is 64.2 Å². The van der Waals surface area contributed by atoms with Crippen molar-refractivity contribution in [1.82, 2.24) is 0 Å². The highest BCUT2D eigenvalue weighted by Crippen LogP contribution is 2.26. The lowest BCUT2D eigenvalue weighted by Crippen LogP contribution is -2.61. The maximum Gasteiger partial charge on any atom is 0.306 e. The number of ether oxygens (including phenoxy) is 6. The number of aliphatic hydroxyl groups is 7. The number of esters is 2. The highest BCUT2D eigenvalue weighted by molar-refractivity contribution is 5.70. The lowest BCUT2D eigenvalue weighted by molar-refractivity contribution is -0.332. The molecule has 2 aliphatic rings. The van der Waals surface area contributed by atoms with Crippen molar-refractivity contribution in [1.29, 1.82) is 0 Å². The summed E-state index contributed by atoms with van der Waals surface area (Å²) < 4.78 is 33.5. The van der Waals surface area contributed by atoms with Crippen molar-refractivity contribution < 1.29 is 73.8 Å². The summed E-state index contributed by atoms with van der Waals surface area (Å²) in [6, 6.07) is 0. The molecule has 0 bridgehead atoms. The summed E-state index contributed by atoms with van der Waals surface area (Å²) in [5.74, 6) is -0.938. The topological polar surface area (TPSA) is 231 Å². The van der Waals surface area contributed by atoms with Crippen molar-refractivity contribution in [2.24, 2.45) is 0 Å². The molecule has 0 radical (unpaired) electrons. The van der Waals surface area contributed by atoms with Gasteiger partial charge in [-0.3, -0.25) is 9.59 Å². The number of rotatable bonds is 37. The highest BCUT2D eigenvalue weighted by Gasteiger charge is 2.47. The Balaban J connectivity index is 1.84. The Morgan fingerprint density at radius 1 is 0.508 bits per heavy atom. The molecule has 0 saturated carbocycles. The van der Waals surface area contributed by atoms with Gasteiger partial charge in [-0.25, -0.2) is 0 Å². The summed E-state index contributed by atoms with van der Waals surface area (Å²) >= 11 is 0.